The van der Waals surface area contributed by atoms with Crippen molar-refractivity contribution in [1.29, 1.82) is 0 Å². The number of hydrogen-bond acceptors (Lipinski definition) is 4. The Hall–Kier alpha value is -0.230. The van der Waals surface area contributed by atoms with Crippen molar-refractivity contribution in [2.45, 2.75) is 25.9 Å². The highest BCUT2D eigenvalue weighted by atomic mass is 79.9. The van der Waals surface area contributed by atoms with E-state index in [0.29, 0.717) is 6.04 Å². The van der Waals surface area contributed by atoms with Crippen molar-refractivity contribution in [2.24, 2.45) is 0 Å². The van der Waals surface area contributed by atoms with Crippen LogP contribution in [-0.4, -0.2) is 45.4 Å². The first-order chi connectivity index (χ1) is 10.1. The highest BCUT2D eigenvalue weighted by molar-refractivity contribution is 9.10. The lowest BCUT2D eigenvalue weighted by molar-refractivity contribution is 0.199. The molecule has 0 fully saturated rings. The second-order valence-electron chi connectivity index (χ2n) is 5.07. The number of hydrogen-bond donors (Lipinski definition) is 1. The minimum Gasteiger partial charge on any atom is -0.383 e. The highest BCUT2D eigenvalue weighted by Crippen LogP contribution is 2.27. The van der Waals surface area contributed by atoms with Gasteiger partial charge in [0, 0.05) is 49.2 Å². The van der Waals surface area contributed by atoms with Crippen molar-refractivity contribution in [3.05, 3.63) is 28.2 Å². The Morgan fingerprint density at radius 1 is 1.43 bits per heavy atom. The Bertz CT molecular complexity index is 417. The molecule has 0 aliphatic carbocycles. The van der Waals surface area contributed by atoms with Crippen LogP contribution in [0.4, 0.5) is 5.69 Å². The molecule has 0 heterocycles. The Kier molecular flexibility index (Phi) is 9.40. The third kappa shape index (κ3) is 6.19. The molecular formula is C16H27BrN2OS. The lowest BCUT2D eigenvalue weighted by Gasteiger charge is -2.31. The molecule has 1 aromatic carbocycles. The number of thioether (sulfide) groups is 1. The van der Waals surface area contributed by atoms with Gasteiger partial charge in [0.15, 0.2) is 0 Å². The van der Waals surface area contributed by atoms with Crippen LogP contribution in [0, 0.1) is 0 Å². The van der Waals surface area contributed by atoms with Crippen molar-refractivity contribution in [3.8, 4) is 0 Å². The van der Waals surface area contributed by atoms with Gasteiger partial charge in [-0.2, -0.15) is 11.8 Å². The fourth-order valence-corrected chi connectivity index (χ4v) is 3.50. The van der Waals surface area contributed by atoms with Gasteiger partial charge in [-0.3, -0.25) is 0 Å². The summed E-state index contributed by atoms with van der Waals surface area (Å²) in [7, 11) is 3.93. The van der Waals surface area contributed by atoms with Gasteiger partial charge in [0.25, 0.3) is 0 Å². The van der Waals surface area contributed by atoms with Gasteiger partial charge in [-0.15, -0.1) is 0 Å². The lowest BCUT2D eigenvalue weighted by Crippen LogP contribution is -2.34. The van der Waals surface area contributed by atoms with Crippen LogP contribution in [0.1, 0.15) is 18.9 Å². The van der Waals surface area contributed by atoms with Crippen LogP contribution in [0.15, 0.2) is 22.7 Å². The predicted molar refractivity (Wildman–Crippen MR) is 98.6 cm³/mol. The van der Waals surface area contributed by atoms with E-state index < -0.39 is 0 Å². The summed E-state index contributed by atoms with van der Waals surface area (Å²) in [5.74, 6) is 1.15. The quantitative estimate of drug-likeness (QED) is 0.630. The lowest BCUT2D eigenvalue weighted by atomic mass is 10.1. The molecule has 120 valence electrons. The first kappa shape index (κ1) is 18.8. The molecule has 0 radical (unpaired) electrons. The number of ether oxygens (including phenoxy) is 1. The monoisotopic (exact) mass is 374 g/mol. The zero-order chi connectivity index (χ0) is 15.7. The largest absolute Gasteiger partial charge is 0.383 e. The maximum absolute atomic E-state index is 5.08. The number of methoxy groups -OCH3 is 1. The van der Waals surface area contributed by atoms with E-state index in [1.54, 1.807) is 7.11 Å². The zero-order valence-electron chi connectivity index (χ0n) is 13.5. The predicted octanol–water partition coefficient (Wildman–Crippen LogP) is 3.76. The van der Waals surface area contributed by atoms with Gasteiger partial charge in [-0.05, 0) is 30.4 Å². The summed E-state index contributed by atoms with van der Waals surface area (Å²) in [4.78, 5) is 2.41. The zero-order valence-corrected chi connectivity index (χ0v) is 15.9. The minimum absolute atomic E-state index is 0.562. The number of halogens is 1. The van der Waals surface area contributed by atoms with E-state index in [-0.39, 0.29) is 0 Å². The summed E-state index contributed by atoms with van der Waals surface area (Å²) < 4.78 is 6.21. The second kappa shape index (κ2) is 10.5. The number of rotatable bonds is 10. The van der Waals surface area contributed by atoms with Gasteiger partial charge >= 0.3 is 0 Å². The maximum atomic E-state index is 5.08. The Labute approximate surface area is 141 Å². The molecule has 0 aromatic heterocycles. The van der Waals surface area contributed by atoms with Crippen molar-refractivity contribution in [1.82, 2.24) is 5.32 Å². The van der Waals surface area contributed by atoms with Crippen LogP contribution in [0.3, 0.4) is 0 Å². The second-order valence-corrected chi connectivity index (χ2v) is 6.90. The number of anilines is 1. The van der Waals surface area contributed by atoms with E-state index in [0.717, 1.165) is 36.3 Å². The number of benzene rings is 1. The highest BCUT2D eigenvalue weighted by Gasteiger charge is 2.16. The van der Waals surface area contributed by atoms with Gasteiger partial charge in [0.05, 0.1) is 6.61 Å². The average molecular weight is 375 g/mol. The van der Waals surface area contributed by atoms with Crippen LogP contribution >= 0.6 is 27.7 Å². The van der Waals surface area contributed by atoms with Crippen LogP contribution in [-0.2, 0) is 11.3 Å². The molecular weight excluding hydrogens is 348 g/mol. The fraction of sp³-hybridized carbons (Fsp3) is 0.625. The summed E-state index contributed by atoms with van der Waals surface area (Å²) >= 11 is 5.50. The number of nitrogens with zero attached hydrogens (tertiary/aromatic N) is 1. The van der Waals surface area contributed by atoms with Gasteiger partial charge in [0.1, 0.15) is 0 Å². The molecule has 0 saturated heterocycles. The van der Waals surface area contributed by atoms with Crippen LogP contribution in [0.25, 0.3) is 0 Å². The molecule has 1 atom stereocenters. The molecule has 21 heavy (non-hydrogen) atoms. The smallest absolute Gasteiger partial charge is 0.0587 e. The summed E-state index contributed by atoms with van der Waals surface area (Å²) in [5, 5.41) is 3.43. The van der Waals surface area contributed by atoms with Crippen LogP contribution in [0.5, 0.6) is 0 Å². The topological polar surface area (TPSA) is 24.5 Å². The summed E-state index contributed by atoms with van der Waals surface area (Å²) in [5.41, 5.74) is 2.63. The SMILES string of the molecule is CCC(CSC)N(C)c1cc(Br)ccc1CNCCOC. The number of nitrogens with one attached hydrogen (secondary N) is 1. The standard InChI is InChI=1S/C16H27BrN2OS/c1-5-15(12-21-4)19(2)16-10-14(17)7-6-13(16)11-18-8-9-20-3/h6-7,10,15,18H,5,8-9,11-12H2,1-4H3. The van der Waals surface area contributed by atoms with Crippen molar-refractivity contribution in [2.75, 3.05) is 44.2 Å². The molecule has 1 N–H and O–H groups in total. The summed E-state index contributed by atoms with van der Waals surface area (Å²) in [6, 6.07) is 7.09. The molecule has 0 amide bonds. The molecule has 0 bridgehead atoms. The summed E-state index contributed by atoms with van der Waals surface area (Å²) in [6.07, 6.45) is 3.32. The molecule has 3 nitrogen and oxygen atoms in total. The van der Waals surface area contributed by atoms with E-state index >= 15 is 0 Å². The van der Waals surface area contributed by atoms with Gasteiger partial charge in [-0.25, -0.2) is 0 Å². The Morgan fingerprint density at radius 3 is 2.81 bits per heavy atom. The molecule has 0 saturated carbocycles. The van der Waals surface area contributed by atoms with E-state index in [4.69, 9.17) is 4.74 Å². The first-order valence-electron chi connectivity index (χ1n) is 7.33. The molecule has 0 aliphatic heterocycles. The van der Waals surface area contributed by atoms with Crippen LogP contribution < -0.4 is 10.2 Å². The molecule has 5 heteroatoms. The average Bonchev–Trinajstić information content (AvgIpc) is 2.49. The van der Waals surface area contributed by atoms with E-state index in [9.17, 15) is 0 Å². The van der Waals surface area contributed by atoms with E-state index in [2.05, 4.69) is 64.6 Å². The molecule has 1 rings (SSSR count). The molecule has 0 aliphatic rings. The Balaban J connectivity index is 2.84. The third-order valence-corrected chi connectivity index (χ3v) is 4.82. The molecule has 1 unspecified atom stereocenters. The maximum Gasteiger partial charge on any atom is 0.0587 e. The molecule has 1 aromatic rings. The van der Waals surface area contributed by atoms with Gasteiger partial charge in [-0.1, -0.05) is 28.9 Å². The van der Waals surface area contributed by atoms with Crippen molar-refractivity contribution < 1.29 is 4.74 Å². The third-order valence-electron chi connectivity index (χ3n) is 3.60. The molecule has 0 spiro atoms. The Morgan fingerprint density at radius 2 is 2.19 bits per heavy atom. The first-order valence-corrected chi connectivity index (χ1v) is 9.52. The van der Waals surface area contributed by atoms with E-state index in [1.165, 1.54) is 11.3 Å². The minimum atomic E-state index is 0.562. The van der Waals surface area contributed by atoms with Gasteiger partial charge in [0.2, 0.25) is 0 Å². The van der Waals surface area contributed by atoms with Crippen molar-refractivity contribution in [3.63, 3.8) is 0 Å². The van der Waals surface area contributed by atoms with E-state index in [1.807, 2.05) is 11.8 Å². The van der Waals surface area contributed by atoms with Gasteiger partial charge < -0.3 is 15.0 Å². The van der Waals surface area contributed by atoms with Crippen molar-refractivity contribution >= 4 is 33.4 Å². The van der Waals surface area contributed by atoms with Crippen LogP contribution in [0.2, 0.25) is 0 Å². The fourth-order valence-electron chi connectivity index (χ4n) is 2.30. The summed E-state index contributed by atoms with van der Waals surface area (Å²) in [6.45, 7) is 4.74. The normalized spacial score (nSPS) is 12.4.